The lowest BCUT2D eigenvalue weighted by molar-refractivity contribution is -0.0902. The summed E-state index contributed by atoms with van der Waals surface area (Å²) in [5, 5.41) is 0. The highest BCUT2D eigenvalue weighted by molar-refractivity contribution is 6.92. The van der Waals surface area contributed by atoms with E-state index in [1.165, 1.54) is 0 Å². The van der Waals surface area contributed by atoms with Gasteiger partial charge in [-0.05, 0) is 0 Å². The maximum Gasteiger partial charge on any atom is 0.662 e. The number of fused-ring (bicyclic) bond motifs is 4. The number of hydrogen-bond acceptors (Lipinski definition) is 19. The molecular weight excluding hydrogens is 541 g/mol. The molecule has 0 aromatic rings. The molecule has 4 heterocycles. The van der Waals surface area contributed by atoms with Crippen molar-refractivity contribution in [1.29, 1.82) is 0 Å². The van der Waals surface area contributed by atoms with Gasteiger partial charge in [0.25, 0.3) is 0 Å². The highest BCUT2D eigenvalue weighted by Gasteiger charge is 2.80. The first-order valence-corrected chi connectivity index (χ1v) is 20.3. The molecule has 27 heteroatoms. The lowest BCUT2D eigenvalue weighted by Crippen LogP contribution is -2.83. The topological polar surface area (TPSA) is 263 Å². The Hall–Kier alpha value is 0.975. The monoisotopic (exact) mass is 551 g/mol. The average molecular weight is 552 g/mol. The minimum absolute atomic E-state index is 0.801. The van der Waals surface area contributed by atoms with Crippen molar-refractivity contribution >= 4 is 72.6 Å². The fourth-order valence-corrected chi connectivity index (χ4v) is 27.3. The van der Waals surface area contributed by atoms with E-state index in [-0.39, 0.29) is 0 Å². The molecule has 161 valence electrons. The fraction of sp³-hybridized carbons (Fsp3) is 1.00. The van der Waals surface area contributed by atoms with E-state index in [0.717, 1.165) is 6.55 Å². The molecule has 28 heavy (non-hydrogen) atoms. The van der Waals surface area contributed by atoms with Gasteiger partial charge in [0.15, 0.2) is 0 Å². The van der Waals surface area contributed by atoms with Crippen molar-refractivity contribution in [3.8, 4) is 0 Å². The van der Waals surface area contributed by atoms with Crippen LogP contribution >= 0.6 is 0 Å². The van der Waals surface area contributed by atoms with Gasteiger partial charge in [-0.3, -0.25) is 0 Å². The Morgan fingerprint density at radius 3 is 1.14 bits per heavy atom. The first-order valence-electron chi connectivity index (χ1n) is 6.78. The van der Waals surface area contributed by atoms with Gasteiger partial charge in [-0.1, -0.05) is 0 Å². The van der Waals surface area contributed by atoms with Crippen LogP contribution < -0.4 is 0 Å². The van der Waals surface area contributed by atoms with Crippen LogP contribution in [0.3, 0.4) is 0 Å². The second-order valence-electron chi connectivity index (χ2n) is 5.44. The Labute approximate surface area is 163 Å². The molecule has 4 unspecified atom stereocenters. The number of rotatable bonds is 0. The Kier molecular flexibility index (Phi) is 4.97. The molecule has 19 nitrogen and oxygen atoms in total. The van der Waals surface area contributed by atoms with Gasteiger partial charge in [0.2, 0.25) is 0 Å². The molecule has 0 spiro atoms. The van der Waals surface area contributed by atoms with Crippen LogP contribution in [0.25, 0.3) is 0 Å². The van der Waals surface area contributed by atoms with Crippen LogP contribution in [0.15, 0.2) is 0 Å². The first kappa shape index (κ1) is 22.2. The van der Waals surface area contributed by atoms with Gasteiger partial charge in [0.1, 0.15) is 0 Å². The average Bonchev–Trinajstić information content (AvgIpc) is 2.24. The molecule has 1 radical (unpaired) electrons. The summed E-state index contributed by atoms with van der Waals surface area (Å²) in [6, 6.07) is 0. The first-order chi connectivity index (χ1) is 12.4. The Morgan fingerprint density at radius 1 is 0.464 bits per heavy atom. The van der Waals surface area contributed by atoms with E-state index in [1.54, 1.807) is 0 Å². The molecule has 4 fully saturated rings. The maximum atomic E-state index is 10.5. The van der Waals surface area contributed by atoms with Crippen LogP contribution in [0.1, 0.15) is 0 Å². The van der Waals surface area contributed by atoms with E-state index in [9.17, 15) is 38.4 Å². The van der Waals surface area contributed by atoms with Crippen LogP contribution in [0.2, 0.25) is 6.55 Å². The van der Waals surface area contributed by atoms with Crippen molar-refractivity contribution in [2.75, 3.05) is 0 Å². The number of hydrogen-bond donors (Lipinski definition) is 8. The maximum absolute atomic E-state index is 10.5. The summed E-state index contributed by atoms with van der Waals surface area (Å²) in [7, 11) is -41.0. The molecule has 4 rings (SSSR count). The summed E-state index contributed by atoms with van der Waals surface area (Å²) in [6.45, 7) is 0.801. The zero-order chi connectivity index (χ0) is 20.9. The van der Waals surface area contributed by atoms with Crippen molar-refractivity contribution in [2.45, 2.75) is 6.55 Å². The van der Waals surface area contributed by atoms with Gasteiger partial charge < -0.3 is 83.6 Å². The molecule has 4 aliphatic heterocycles. The standard InChI is InChI=1S/CH11O19Si8/c1-22(2)13-27(8)17-24(5)10-21-11-25(6,16-23(3,4)15-24)18-28(9,14-22)20-26(7,12-21)19-27/h2-9H,1H3. The summed E-state index contributed by atoms with van der Waals surface area (Å²) in [5.74, 6) is 0. The van der Waals surface area contributed by atoms with E-state index in [2.05, 4.69) is 8.23 Å². The summed E-state index contributed by atoms with van der Waals surface area (Å²) < 4.78 is 52.3. The molecule has 4 atom stereocenters. The molecular formula is CH11O19Si8. The molecule has 0 saturated carbocycles. The summed E-state index contributed by atoms with van der Waals surface area (Å²) in [5.41, 5.74) is 0. The quantitative estimate of drug-likeness (QED) is 0.130. The highest BCUT2D eigenvalue weighted by Crippen LogP contribution is 2.37. The fourth-order valence-electron chi connectivity index (χ4n) is 2.20. The van der Waals surface area contributed by atoms with E-state index >= 15 is 0 Å². The van der Waals surface area contributed by atoms with Crippen LogP contribution in [0.4, 0.5) is 0 Å². The molecule has 8 N–H and O–H groups in total. The molecule has 0 aromatic heterocycles. The third kappa shape index (κ3) is 4.45. The Bertz CT molecular complexity index is 622. The van der Waals surface area contributed by atoms with Crippen molar-refractivity contribution in [3.05, 3.63) is 0 Å². The minimum atomic E-state index is -5.61. The minimum Gasteiger partial charge on any atom is -0.391 e. The molecule has 4 aliphatic rings. The van der Waals surface area contributed by atoms with Gasteiger partial charge in [-0.25, -0.2) is 0 Å². The van der Waals surface area contributed by atoms with Gasteiger partial charge in [0, 0.05) is 6.55 Å². The summed E-state index contributed by atoms with van der Waals surface area (Å²) in [4.78, 5) is 82.2. The van der Waals surface area contributed by atoms with Gasteiger partial charge in [-0.2, -0.15) is 0 Å². The largest absolute Gasteiger partial charge is 0.662 e. The molecule has 0 aromatic carbocycles. The Morgan fingerprint density at radius 2 is 0.786 bits per heavy atom. The van der Waals surface area contributed by atoms with E-state index in [1.807, 2.05) is 0 Å². The van der Waals surface area contributed by atoms with Crippen LogP contribution in [-0.4, -0.2) is 111 Å². The van der Waals surface area contributed by atoms with Crippen LogP contribution in [0.5, 0.6) is 0 Å². The zero-order valence-corrected chi connectivity index (χ0v) is 21.1. The van der Waals surface area contributed by atoms with E-state index in [4.69, 9.17) is 37.0 Å². The second-order valence-corrected chi connectivity index (χ2v) is 23.1. The predicted octanol–water partition coefficient (Wildman–Crippen LogP) is -7.67. The smallest absolute Gasteiger partial charge is 0.391 e. The van der Waals surface area contributed by atoms with Crippen molar-refractivity contribution in [1.82, 2.24) is 0 Å². The van der Waals surface area contributed by atoms with Crippen LogP contribution in [-0.2, 0) is 45.3 Å². The van der Waals surface area contributed by atoms with E-state index in [0.29, 0.717) is 0 Å². The van der Waals surface area contributed by atoms with Gasteiger partial charge >= 0.3 is 72.6 Å². The normalized spacial score (nSPS) is 56.9. The third-order valence-electron chi connectivity index (χ3n) is 2.83. The van der Waals surface area contributed by atoms with Crippen molar-refractivity contribution in [3.63, 3.8) is 0 Å². The molecule has 0 aliphatic carbocycles. The van der Waals surface area contributed by atoms with Gasteiger partial charge in [-0.15, -0.1) is 0 Å². The highest BCUT2D eigenvalue weighted by atomic mass is 28.6. The zero-order valence-electron chi connectivity index (χ0n) is 13.1. The predicted molar refractivity (Wildman–Crippen MR) is 81.6 cm³/mol. The molecule has 6 bridgehead atoms. The van der Waals surface area contributed by atoms with Crippen LogP contribution in [0, 0.1) is 0 Å². The lowest BCUT2D eigenvalue weighted by atomic mass is 11.9. The Balaban J connectivity index is 1.91. The van der Waals surface area contributed by atoms with E-state index < -0.39 is 72.6 Å². The SMILES string of the molecule is C[Si]1(O)O[Si]2(O)O[Si]3(O)O[Si]4O[Si](O)(O[Si](O)(O)O3)O[Si](O)(O1)O[Si](O)(O4)O2. The molecule has 0 amide bonds. The summed E-state index contributed by atoms with van der Waals surface area (Å²) >= 11 is 0. The third-order valence-corrected chi connectivity index (χ3v) is 25.5. The van der Waals surface area contributed by atoms with Crippen molar-refractivity contribution in [2.24, 2.45) is 0 Å². The van der Waals surface area contributed by atoms with Gasteiger partial charge in [0.05, 0.1) is 0 Å². The lowest BCUT2D eigenvalue weighted by Gasteiger charge is -2.48. The summed E-state index contributed by atoms with van der Waals surface area (Å²) in [6.07, 6.45) is 0. The second kappa shape index (κ2) is 6.27. The molecule has 4 saturated heterocycles. The van der Waals surface area contributed by atoms with Crippen molar-refractivity contribution < 1.29 is 83.6 Å².